The standard InChI is InChI=1S/C15H21NOS/c17-15(12-6-2-1-3-7-12)16-10-4-8-13(16)14-9-5-11-18-14/h5,9,11-13H,1-4,6-8,10H2. The molecule has 1 aliphatic carbocycles. The van der Waals surface area contributed by atoms with Crippen LogP contribution in [-0.4, -0.2) is 17.4 Å². The van der Waals surface area contributed by atoms with Crippen LogP contribution in [0.5, 0.6) is 0 Å². The Balaban J connectivity index is 1.72. The van der Waals surface area contributed by atoms with Crippen molar-refractivity contribution >= 4 is 17.2 Å². The van der Waals surface area contributed by atoms with Gasteiger partial charge in [-0.15, -0.1) is 11.3 Å². The summed E-state index contributed by atoms with van der Waals surface area (Å²) in [5.74, 6) is 0.755. The second-order valence-electron chi connectivity index (χ2n) is 5.54. The van der Waals surface area contributed by atoms with Gasteiger partial charge in [-0.2, -0.15) is 0 Å². The minimum Gasteiger partial charge on any atom is -0.335 e. The summed E-state index contributed by atoms with van der Waals surface area (Å²) in [5, 5.41) is 2.12. The van der Waals surface area contributed by atoms with E-state index >= 15 is 0 Å². The monoisotopic (exact) mass is 263 g/mol. The molecule has 3 rings (SSSR count). The average molecular weight is 263 g/mol. The summed E-state index contributed by atoms with van der Waals surface area (Å²) in [6.45, 7) is 0.970. The highest BCUT2D eigenvalue weighted by Gasteiger charge is 2.34. The van der Waals surface area contributed by atoms with Crippen molar-refractivity contribution in [1.29, 1.82) is 0 Å². The van der Waals surface area contributed by atoms with E-state index in [2.05, 4.69) is 22.4 Å². The summed E-state index contributed by atoms with van der Waals surface area (Å²) < 4.78 is 0. The lowest BCUT2D eigenvalue weighted by atomic mass is 9.88. The lowest BCUT2D eigenvalue weighted by molar-refractivity contribution is -0.137. The van der Waals surface area contributed by atoms with Crippen LogP contribution in [0.15, 0.2) is 17.5 Å². The van der Waals surface area contributed by atoms with Crippen molar-refractivity contribution in [3.05, 3.63) is 22.4 Å². The zero-order chi connectivity index (χ0) is 12.4. The molecule has 2 fully saturated rings. The number of hydrogen-bond acceptors (Lipinski definition) is 2. The second-order valence-corrected chi connectivity index (χ2v) is 6.52. The molecule has 3 heteroatoms. The van der Waals surface area contributed by atoms with Crippen molar-refractivity contribution in [2.24, 2.45) is 5.92 Å². The van der Waals surface area contributed by atoms with E-state index in [1.54, 1.807) is 11.3 Å². The van der Waals surface area contributed by atoms with E-state index in [4.69, 9.17) is 0 Å². The largest absolute Gasteiger partial charge is 0.335 e. The first kappa shape index (κ1) is 12.2. The van der Waals surface area contributed by atoms with Crippen molar-refractivity contribution in [2.75, 3.05) is 6.54 Å². The van der Waals surface area contributed by atoms with Crippen molar-refractivity contribution in [3.8, 4) is 0 Å². The quantitative estimate of drug-likeness (QED) is 0.790. The first-order valence-corrected chi connectivity index (χ1v) is 8.08. The molecule has 1 aromatic rings. The number of hydrogen-bond donors (Lipinski definition) is 0. The molecule has 2 aliphatic rings. The molecule has 1 saturated carbocycles. The molecule has 2 nitrogen and oxygen atoms in total. The van der Waals surface area contributed by atoms with Gasteiger partial charge < -0.3 is 4.90 Å². The van der Waals surface area contributed by atoms with E-state index in [0.29, 0.717) is 17.9 Å². The number of carbonyl (C=O) groups is 1. The Morgan fingerprint density at radius 2 is 2.00 bits per heavy atom. The van der Waals surface area contributed by atoms with Gasteiger partial charge in [0.1, 0.15) is 0 Å². The fraction of sp³-hybridized carbons (Fsp3) is 0.667. The third kappa shape index (κ3) is 2.33. The van der Waals surface area contributed by atoms with Crippen LogP contribution in [0, 0.1) is 5.92 Å². The van der Waals surface area contributed by atoms with Crippen molar-refractivity contribution < 1.29 is 4.79 Å². The molecule has 1 aliphatic heterocycles. The molecule has 1 amide bonds. The Labute approximate surface area is 113 Å². The summed E-state index contributed by atoms with van der Waals surface area (Å²) >= 11 is 1.79. The minimum atomic E-state index is 0.319. The summed E-state index contributed by atoms with van der Waals surface area (Å²) in [4.78, 5) is 16.2. The maximum atomic E-state index is 12.6. The van der Waals surface area contributed by atoms with Crippen molar-refractivity contribution in [3.63, 3.8) is 0 Å². The van der Waals surface area contributed by atoms with Crippen molar-refractivity contribution in [2.45, 2.75) is 51.0 Å². The maximum absolute atomic E-state index is 12.6. The minimum absolute atomic E-state index is 0.319. The molecule has 1 aromatic heterocycles. The van der Waals surface area contributed by atoms with Crippen LogP contribution in [0.4, 0.5) is 0 Å². The first-order chi connectivity index (χ1) is 8.86. The highest BCUT2D eigenvalue weighted by Crippen LogP contribution is 2.37. The predicted octanol–water partition coefficient (Wildman–Crippen LogP) is 3.99. The van der Waals surface area contributed by atoms with Crippen LogP contribution in [-0.2, 0) is 4.79 Å². The van der Waals surface area contributed by atoms with Crippen LogP contribution in [0.1, 0.15) is 55.9 Å². The van der Waals surface area contributed by atoms with Gasteiger partial charge in [-0.3, -0.25) is 4.79 Å². The van der Waals surface area contributed by atoms with Crippen LogP contribution >= 0.6 is 11.3 Å². The van der Waals surface area contributed by atoms with E-state index < -0.39 is 0 Å². The Hall–Kier alpha value is -0.830. The van der Waals surface area contributed by atoms with E-state index in [1.165, 1.54) is 30.6 Å². The molecular weight excluding hydrogens is 242 g/mol. The zero-order valence-electron chi connectivity index (χ0n) is 10.8. The lowest BCUT2D eigenvalue weighted by Crippen LogP contribution is -2.36. The van der Waals surface area contributed by atoms with Gasteiger partial charge in [0.05, 0.1) is 6.04 Å². The fourth-order valence-electron chi connectivity index (χ4n) is 3.39. The molecule has 0 radical (unpaired) electrons. The molecule has 0 aromatic carbocycles. The number of nitrogens with zero attached hydrogens (tertiary/aromatic N) is 1. The summed E-state index contributed by atoms with van der Waals surface area (Å²) in [6, 6.07) is 4.66. The Morgan fingerprint density at radius 3 is 2.72 bits per heavy atom. The Morgan fingerprint density at radius 1 is 1.17 bits per heavy atom. The Bertz CT molecular complexity index is 395. The van der Waals surface area contributed by atoms with Crippen LogP contribution in [0.3, 0.4) is 0 Å². The van der Waals surface area contributed by atoms with Crippen LogP contribution < -0.4 is 0 Å². The molecular formula is C15H21NOS. The zero-order valence-corrected chi connectivity index (χ0v) is 11.6. The molecule has 2 heterocycles. The van der Waals surface area contributed by atoms with Gasteiger partial charge in [-0.1, -0.05) is 25.3 Å². The van der Waals surface area contributed by atoms with Gasteiger partial charge >= 0.3 is 0 Å². The maximum Gasteiger partial charge on any atom is 0.226 e. The smallest absolute Gasteiger partial charge is 0.226 e. The third-order valence-corrected chi connectivity index (χ3v) is 5.34. The number of carbonyl (C=O) groups excluding carboxylic acids is 1. The van der Waals surface area contributed by atoms with Crippen molar-refractivity contribution in [1.82, 2.24) is 4.90 Å². The van der Waals surface area contributed by atoms with E-state index in [0.717, 1.165) is 25.8 Å². The normalized spacial score (nSPS) is 25.6. The fourth-order valence-corrected chi connectivity index (χ4v) is 4.26. The van der Waals surface area contributed by atoms with Gasteiger partial charge in [-0.05, 0) is 37.1 Å². The highest BCUT2D eigenvalue weighted by atomic mass is 32.1. The van der Waals surface area contributed by atoms with Gasteiger partial charge in [0.2, 0.25) is 5.91 Å². The van der Waals surface area contributed by atoms with E-state index in [9.17, 15) is 4.79 Å². The van der Waals surface area contributed by atoms with Crippen LogP contribution in [0.25, 0.3) is 0 Å². The van der Waals surface area contributed by atoms with Gasteiger partial charge in [0.15, 0.2) is 0 Å². The lowest BCUT2D eigenvalue weighted by Gasteiger charge is -2.30. The molecule has 98 valence electrons. The Kier molecular flexibility index (Phi) is 3.69. The molecule has 18 heavy (non-hydrogen) atoms. The van der Waals surface area contributed by atoms with Gasteiger partial charge in [-0.25, -0.2) is 0 Å². The summed E-state index contributed by atoms with van der Waals surface area (Å²) in [5.41, 5.74) is 0. The molecule has 0 N–H and O–H groups in total. The van der Waals surface area contributed by atoms with E-state index in [-0.39, 0.29) is 0 Å². The van der Waals surface area contributed by atoms with Gasteiger partial charge in [0, 0.05) is 17.3 Å². The summed E-state index contributed by atoms with van der Waals surface area (Å²) in [7, 11) is 0. The second kappa shape index (κ2) is 5.43. The van der Waals surface area contributed by atoms with Gasteiger partial charge in [0.25, 0.3) is 0 Å². The SMILES string of the molecule is O=C(C1CCCCC1)N1CCCC1c1cccs1. The molecule has 0 spiro atoms. The number of thiophene rings is 1. The average Bonchev–Trinajstić information content (AvgIpc) is 3.09. The molecule has 1 atom stereocenters. The number of amides is 1. The summed E-state index contributed by atoms with van der Waals surface area (Å²) in [6.07, 6.45) is 8.36. The number of likely N-dealkylation sites (tertiary alicyclic amines) is 1. The third-order valence-electron chi connectivity index (χ3n) is 4.36. The highest BCUT2D eigenvalue weighted by molar-refractivity contribution is 7.10. The molecule has 1 saturated heterocycles. The molecule has 0 bridgehead atoms. The number of rotatable bonds is 2. The molecule has 1 unspecified atom stereocenters. The van der Waals surface area contributed by atoms with Crippen LogP contribution in [0.2, 0.25) is 0 Å². The van der Waals surface area contributed by atoms with E-state index in [1.807, 2.05) is 0 Å². The topological polar surface area (TPSA) is 20.3 Å². The first-order valence-electron chi connectivity index (χ1n) is 7.20. The predicted molar refractivity (Wildman–Crippen MR) is 74.6 cm³/mol.